The topological polar surface area (TPSA) is 76.1 Å². The summed E-state index contributed by atoms with van der Waals surface area (Å²) in [7, 11) is 1.56. The van der Waals surface area contributed by atoms with E-state index in [1.165, 1.54) is 0 Å². The van der Waals surface area contributed by atoms with Crippen LogP contribution < -0.4 is 9.47 Å². The number of carbonyl (C=O) groups is 2. The van der Waals surface area contributed by atoms with Crippen LogP contribution in [0.1, 0.15) is 25.3 Å². The third-order valence-corrected chi connectivity index (χ3v) is 4.09. The van der Waals surface area contributed by atoms with E-state index in [1.54, 1.807) is 18.1 Å². The van der Waals surface area contributed by atoms with Gasteiger partial charge in [0, 0.05) is 13.1 Å². The van der Waals surface area contributed by atoms with Crippen LogP contribution >= 0.6 is 0 Å². The fourth-order valence-electron chi connectivity index (χ4n) is 2.71. The van der Waals surface area contributed by atoms with Gasteiger partial charge in [-0.15, -0.1) is 0 Å². The molecule has 0 atom stereocenters. The predicted molar refractivity (Wildman–Crippen MR) is 90.1 cm³/mol. The summed E-state index contributed by atoms with van der Waals surface area (Å²) in [5.74, 6) is -0.195. The van der Waals surface area contributed by atoms with Crippen LogP contribution in [0.2, 0.25) is 0 Å². The number of piperidine rings is 1. The average Bonchev–Trinajstić information content (AvgIpc) is 2.60. The Labute approximate surface area is 141 Å². The average molecular weight is 333 g/mol. The number of amides is 1. The van der Waals surface area contributed by atoms with E-state index in [0.717, 1.165) is 5.56 Å². The van der Waals surface area contributed by atoms with Crippen molar-refractivity contribution in [2.24, 2.45) is 5.92 Å². The number of methoxy groups -OCH3 is 1. The van der Waals surface area contributed by atoms with Crippen LogP contribution in [0.3, 0.4) is 0 Å². The van der Waals surface area contributed by atoms with E-state index in [0.29, 0.717) is 37.4 Å². The molecule has 6 nitrogen and oxygen atoms in total. The van der Waals surface area contributed by atoms with Crippen molar-refractivity contribution in [3.8, 4) is 11.5 Å². The number of carboxylic acid groups (broad SMARTS) is 1. The normalized spacial score (nSPS) is 15.5. The monoisotopic (exact) mass is 333 g/mol. The van der Waals surface area contributed by atoms with Crippen molar-refractivity contribution in [2.75, 3.05) is 26.8 Å². The van der Waals surface area contributed by atoms with Crippen LogP contribution in [0.25, 0.3) is 6.08 Å². The van der Waals surface area contributed by atoms with Gasteiger partial charge < -0.3 is 19.5 Å². The first kappa shape index (κ1) is 17.8. The lowest BCUT2D eigenvalue weighted by atomic mass is 9.97. The molecule has 0 saturated carbocycles. The van der Waals surface area contributed by atoms with E-state index in [-0.39, 0.29) is 18.4 Å². The molecule has 0 unspecified atom stereocenters. The highest BCUT2D eigenvalue weighted by atomic mass is 16.5. The van der Waals surface area contributed by atoms with Crippen molar-refractivity contribution in [1.82, 2.24) is 4.90 Å². The number of carboxylic acids is 1. The molecule has 1 aliphatic heterocycles. The molecule has 24 heavy (non-hydrogen) atoms. The maximum Gasteiger partial charge on any atom is 0.306 e. The Morgan fingerprint density at radius 2 is 2.00 bits per heavy atom. The second kappa shape index (κ2) is 8.38. The summed E-state index contributed by atoms with van der Waals surface area (Å²) in [6, 6.07) is 5.51. The lowest BCUT2D eigenvalue weighted by Gasteiger charge is -2.30. The summed E-state index contributed by atoms with van der Waals surface area (Å²) in [4.78, 5) is 24.8. The second-order valence-corrected chi connectivity index (χ2v) is 5.69. The van der Waals surface area contributed by atoms with Crippen LogP contribution in [-0.2, 0) is 9.59 Å². The number of hydrogen-bond donors (Lipinski definition) is 1. The minimum atomic E-state index is -0.788. The molecule has 6 heteroatoms. The molecule has 0 radical (unpaired) electrons. The number of carbonyl (C=O) groups excluding carboxylic acids is 1. The maximum atomic E-state index is 12.2. The molecule has 1 aromatic rings. The highest BCUT2D eigenvalue weighted by Gasteiger charge is 2.27. The molecule has 2 rings (SSSR count). The lowest BCUT2D eigenvalue weighted by molar-refractivity contribution is -0.146. The van der Waals surface area contributed by atoms with E-state index >= 15 is 0 Å². The number of nitrogens with zero attached hydrogens (tertiary/aromatic N) is 1. The first-order valence-corrected chi connectivity index (χ1v) is 7.99. The van der Waals surface area contributed by atoms with Gasteiger partial charge in [0.15, 0.2) is 18.1 Å². The molecule has 1 saturated heterocycles. The molecule has 1 heterocycles. The van der Waals surface area contributed by atoms with E-state index in [2.05, 4.69) is 0 Å². The second-order valence-electron chi connectivity index (χ2n) is 5.69. The van der Waals surface area contributed by atoms with E-state index in [1.807, 2.05) is 31.2 Å². The minimum absolute atomic E-state index is 0.0862. The lowest BCUT2D eigenvalue weighted by Crippen LogP contribution is -2.42. The van der Waals surface area contributed by atoms with Crippen molar-refractivity contribution >= 4 is 18.0 Å². The van der Waals surface area contributed by atoms with Crippen molar-refractivity contribution in [3.05, 3.63) is 29.8 Å². The molecule has 1 N–H and O–H groups in total. The predicted octanol–water partition coefficient (Wildman–Crippen LogP) is 2.43. The zero-order chi connectivity index (χ0) is 17.5. The molecule has 0 bridgehead atoms. The first-order chi connectivity index (χ1) is 11.5. The highest BCUT2D eigenvalue weighted by Crippen LogP contribution is 2.28. The van der Waals surface area contributed by atoms with Crippen LogP contribution in [0, 0.1) is 5.92 Å². The van der Waals surface area contributed by atoms with E-state index in [9.17, 15) is 9.59 Å². The highest BCUT2D eigenvalue weighted by molar-refractivity contribution is 5.78. The SMILES string of the molecule is C/C=C/c1ccc(OCC(=O)N2CCC(C(=O)O)CC2)c(OC)c1. The quantitative estimate of drug-likeness (QED) is 0.865. The van der Waals surface area contributed by atoms with Crippen molar-refractivity contribution in [2.45, 2.75) is 19.8 Å². The molecule has 0 aromatic heterocycles. The van der Waals surface area contributed by atoms with Gasteiger partial charge >= 0.3 is 5.97 Å². The summed E-state index contributed by atoms with van der Waals surface area (Å²) in [5, 5.41) is 8.99. The van der Waals surface area contributed by atoms with Crippen LogP contribution in [0.15, 0.2) is 24.3 Å². The number of likely N-dealkylation sites (tertiary alicyclic amines) is 1. The number of allylic oxidation sites excluding steroid dienone is 1. The number of ether oxygens (including phenoxy) is 2. The molecule has 1 aromatic carbocycles. The van der Waals surface area contributed by atoms with Gasteiger partial charge in [0.2, 0.25) is 0 Å². The number of benzene rings is 1. The Balaban J connectivity index is 1.91. The van der Waals surface area contributed by atoms with Gasteiger partial charge in [-0.2, -0.15) is 0 Å². The Bertz CT molecular complexity index is 618. The van der Waals surface area contributed by atoms with Gasteiger partial charge in [0.05, 0.1) is 13.0 Å². The zero-order valence-corrected chi connectivity index (χ0v) is 14.0. The molecule has 130 valence electrons. The van der Waals surface area contributed by atoms with Crippen LogP contribution in [-0.4, -0.2) is 48.7 Å². The summed E-state index contributed by atoms with van der Waals surface area (Å²) in [6.07, 6.45) is 4.86. The van der Waals surface area contributed by atoms with Gasteiger partial charge in [-0.25, -0.2) is 0 Å². The summed E-state index contributed by atoms with van der Waals surface area (Å²) in [6.45, 7) is 2.76. The summed E-state index contributed by atoms with van der Waals surface area (Å²) < 4.78 is 10.9. The van der Waals surface area contributed by atoms with Gasteiger partial charge in [-0.1, -0.05) is 18.2 Å². The smallest absolute Gasteiger partial charge is 0.306 e. The van der Waals surface area contributed by atoms with Crippen molar-refractivity contribution in [1.29, 1.82) is 0 Å². The van der Waals surface area contributed by atoms with Crippen LogP contribution in [0.4, 0.5) is 0 Å². The molecule has 1 fully saturated rings. The first-order valence-electron chi connectivity index (χ1n) is 7.99. The molecular weight excluding hydrogens is 310 g/mol. The van der Waals surface area contributed by atoms with Gasteiger partial charge in [-0.3, -0.25) is 9.59 Å². The number of rotatable bonds is 6. The molecule has 1 aliphatic rings. The summed E-state index contributed by atoms with van der Waals surface area (Å²) >= 11 is 0. The molecule has 0 aliphatic carbocycles. The fourth-order valence-corrected chi connectivity index (χ4v) is 2.71. The number of aliphatic carboxylic acids is 1. The minimum Gasteiger partial charge on any atom is -0.493 e. The third kappa shape index (κ3) is 4.50. The van der Waals surface area contributed by atoms with Gasteiger partial charge in [0.25, 0.3) is 5.91 Å². The number of hydrogen-bond acceptors (Lipinski definition) is 4. The molecule has 1 amide bonds. The van der Waals surface area contributed by atoms with Crippen molar-refractivity contribution in [3.63, 3.8) is 0 Å². The van der Waals surface area contributed by atoms with Gasteiger partial charge in [0.1, 0.15) is 0 Å². The summed E-state index contributed by atoms with van der Waals surface area (Å²) in [5.41, 5.74) is 0.990. The molecule has 0 spiro atoms. The third-order valence-electron chi connectivity index (χ3n) is 4.09. The van der Waals surface area contributed by atoms with Crippen molar-refractivity contribution < 1.29 is 24.2 Å². The zero-order valence-electron chi connectivity index (χ0n) is 14.0. The van der Waals surface area contributed by atoms with E-state index < -0.39 is 5.97 Å². The maximum absolute atomic E-state index is 12.2. The Morgan fingerprint density at radius 1 is 1.29 bits per heavy atom. The van der Waals surface area contributed by atoms with Crippen LogP contribution in [0.5, 0.6) is 11.5 Å². The Kier molecular flexibility index (Phi) is 6.23. The molecular formula is C18H23NO5. The largest absolute Gasteiger partial charge is 0.493 e. The fraction of sp³-hybridized carbons (Fsp3) is 0.444. The Hall–Kier alpha value is -2.50. The van der Waals surface area contributed by atoms with Gasteiger partial charge in [-0.05, 0) is 37.5 Å². The Morgan fingerprint density at radius 3 is 2.58 bits per heavy atom. The van der Waals surface area contributed by atoms with E-state index in [4.69, 9.17) is 14.6 Å². The standard InChI is InChI=1S/C18H23NO5/c1-3-4-13-5-6-15(16(11-13)23-2)24-12-17(20)19-9-7-14(8-10-19)18(21)22/h3-6,11,14H,7-10,12H2,1-2H3,(H,21,22)/b4-3+.